The van der Waals surface area contributed by atoms with Crippen LogP contribution in [0.5, 0.6) is 0 Å². The lowest BCUT2D eigenvalue weighted by Crippen LogP contribution is -2.20. The first-order valence-corrected chi connectivity index (χ1v) is 5.46. The number of hydrogen-bond donors (Lipinski definition) is 1. The van der Waals surface area contributed by atoms with Gasteiger partial charge in [-0.05, 0) is 49.3 Å². The van der Waals surface area contributed by atoms with Gasteiger partial charge in [0.15, 0.2) is 0 Å². The molecule has 0 radical (unpaired) electrons. The zero-order chi connectivity index (χ0) is 10.3. The molecule has 0 bridgehead atoms. The average Bonchev–Trinajstić information content (AvgIpc) is 2.10. The Bertz CT molecular complexity index is 354. The molecule has 0 aliphatic heterocycles. The van der Waals surface area contributed by atoms with Crippen LogP contribution in [0.25, 0.3) is 0 Å². The van der Waals surface area contributed by atoms with E-state index in [-0.39, 0.29) is 6.04 Å². The van der Waals surface area contributed by atoms with E-state index in [0.717, 1.165) is 6.42 Å². The van der Waals surface area contributed by atoms with Crippen molar-refractivity contribution in [2.75, 3.05) is 0 Å². The number of nitrogens with two attached hydrogens (primary N) is 1. The topological polar surface area (TPSA) is 26.0 Å². The normalized spacial score (nSPS) is 26.0. The molecule has 14 heavy (non-hydrogen) atoms. The molecule has 1 aliphatic rings. The van der Waals surface area contributed by atoms with Gasteiger partial charge in [-0.3, -0.25) is 0 Å². The van der Waals surface area contributed by atoms with Crippen molar-refractivity contribution in [3.63, 3.8) is 0 Å². The second-order valence-electron chi connectivity index (χ2n) is 4.67. The van der Waals surface area contributed by atoms with Gasteiger partial charge < -0.3 is 5.73 Å². The highest BCUT2D eigenvalue weighted by Gasteiger charge is 2.23. The summed E-state index contributed by atoms with van der Waals surface area (Å²) < 4.78 is 0. The molecule has 0 fully saturated rings. The average molecular weight is 189 g/mol. The maximum Gasteiger partial charge on any atom is 0.0298 e. The highest BCUT2D eigenvalue weighted by atomic mass is 14.6. The molecule has 0 heterocycles. The second-order valence-corrected chi connectivity index (χ2v) is 4.67. The van der Waals surface area contributed by atoms with Crippen LogP contribution in [-0.2, 0) is 0 Å². The molecule has 0 aromatic heterocycles. The van der Waals surface area contributed by atoms with Gasteiger partial charge >= 0.3 is 0 Å². The van der Waals surface area contributed by atoms with Crippen LogP contribution < -0.4 is 5.73 Å². The van der Waals surface area contributed by atoms with E-state index in [4.69, 9.17) is 5.73 Å². The summed E-state index contributed by atoms with van der Waals surface area (Å²) >= 11 is 0. The van der Waals surface area contributed by atoms with Crippen molar-refractivity contribution in [1.29, 1.82) is 0 Å². The molecule has 1 nitrogen and oxygen atoms in total. The Hall–Kier alpha value is -0.820. The fourth-order valence-electron chi connectivity index (χ4n) is 2.72. The minimum atomic E-state index is 0.264. The minimum absolute atomic E-state index is 0.264. The zero-order valence-electron chi connectivity index (χ0n) is 9.30. The molecule has 76 valence electrons. The van der Waals surface area contributed by atoms with E-state index >= 15 is 0 Å². The van der Waals surface area contributed by atoms with Crippen LogP contribution >= 0.6 is 0 Å². The predicted octanol–water partition coefficient (Wildman–Crippen LogP) is 3.20. The van der Waals surface area contributed by atoms with E-state index in [2.05, 4.69) is 32.9 Å². The van der Waals surface area contributed by atoms with Crippen molar-refractivity contribution in [3.05, 3.63) is 34.4 Å². The van der Waals surface area contributed by atoms with E-state index in [9.17, 15) is 0 Å². The number of hydrogen-bond acceptors (Lipinski definition) is 1. The van der Waals surface area contributed by atoms with Crippen LogP contribution in [0, 0.1) is 13.8 Å². The summed E-state index contributed by atoms with van der Waals surface area (Å²) in [5, 5.41) is 0. The molecule has 0 spiro atoms. The Morgan fingerprint density at radius 1 is 1.21 bits per heavy atom. The first-order valence-electron chi connectivity index (χ1n) is 5.46. The van der Waals surface area contributed by atoms with Crippen LogP contribution in [0.1, 0.15) is 54.0 Å². The molecule has 1 heteroatoms. The summed E-state index contributed by atoms with van der Waals surface area (Å²) in [7, 11) is 0. The van der Waals surface area contributed by atoms with Crippen molar-refractivity contribution in [1.82, 2.24) is 0 Å². The molecule has 1 aliphatic carbocycles. The fraction of sp³-hybridized carbons (Fsp3) is 0.538. The largest absolute Gasteiger partial charge is 0.324 e. The lowest BCUT2D eigenvalue weighted by atomic mass is 9.78. The van der Waals surface area contributed by atoms with Gasteiger partial charge in [-0.25, -0.2) is 0 Å². The van der Waals surface area contributed by atoms with Crippen molar-refractivity contribution in [2.24, 2.45) is 5.73 Å². The second kappa shape index (κ2) is 3.39. The molecule has 0 saturated heterocycles. The Labute approximate surface area is 86.3 Å². The third-order valence-corrected chi connectivity index (χ3v) is 3.37. The van der Waals surface area contributed by atoms with Gasteiger partial charge in [-0.1, -0.05) is 24.6 Å². The smallest absolute Gasteiger partial charge is 0.0298 e. The van der Waals surface area contributed by atoms with Gasteiger partial charge in [0.25, 0.3) is 0 Å². The molecular formula is C13H19N. The van der Waals surface area contributed by atoms with Crippen LogP contribution in [0.4, 0.5) is 0 Å². The van der Waals surface area contributed by atoms with Gasteiger partial charge in [-0.15, -0.1) is 0 Å². The Morgan fingerprint density at radius 2 is 1.93 bits per heavy atom. The van der Waals surface area contributed by atoms with E-state index in [0.29, 0.717) is 5.92 Å². The van der Waals surface area contributed by atoms with Crippen LogP contribution in [0.3, 0.4) is 0 Å². The number of benzene rings is 1. The van der Waals surface area contributed by atoms with E-state index in [1.54, 1.807) is 0 Å². The number of rotatable bonds is 0. The third kappa shape index (κ3) is 1.46. The molecule has 0 saturated carbocycles. The van der Waals surface area contributed by atoms with E-state index in [1.807, 2.05) is 0 Å². The quantitative estimate of drug-likeness (QED) is 0.666. The Kier molecular flexibility index (Phi) is 2.36. The van der Waals surface area contributed by atoms with Gasteiger partial charge in [0.1, 0.15) is 0 Å². The lowest BCUT2D eigenvalue weighted by molar-refractivity contribution is 0.511. The van der Waals surface area contributed by atoms with Crippen molar-refractivity contribution >= 4 is 0 Å². The van der Waals surface area contributed by atoms with E-state index < -0.39 is 0 Å². The Balaban J connectivity index is 2.60. The molecule has 2 atom stereocenters. The van der Waals surface area contributed by atoms with Gasteiger partial charge in [0, 0.05) is 6.04 Å². The Morgan fingerprint density at radius 3 is 2.64 bits per heavy atom. The van der Waals surface area contributed by atoms with Crippen molar-refractivity contribution in [3.8, 4) is 0 Å². The van der Waals surface area contributed by atoms with Gasteiger partial charge in [0.05, 0.1) is 0 Å². The van der Waals surface area contributed by atoms with Crippen LogP contribution in [-0.4, -0.2) is 0 Å². The maximum absolute atomic E-state index is 6.15. The van der Waals surface area contributed by atoms with Crippen molar-refractivity contribution in [2.45, 2.75) is 45.6 Å². The highest BCUT2D eigenvalue weighted by molar-refractivity contribution is 5.43. The predicted molar refractivity (Wildman–Crippen MR) is 60.5 cm³/mol. The number of fused-ring (bicyclic) bond motifs is 1. The number of aryl methyl sites for hydroxylation is 2. The van der Waals surface area contributed by atoms with Gasteiger partial charge in [-0.2, -0.15) is 0 Å². The molecule has 1 unspecified atom stereocenters. The summed E-state index contributed by atoms with van der Waals surface area (Å²) in [6, 6.07) is 4.80. The fourth-order valence-corrected chi connectivity index (χ4v) is 2.72. The van der Waals surface area contributed by atoms with Crippen LogP contribution in [0.15, 0.2) is 12.1 Å². The first kappa shape index (κ1) is 9.72. The standard InChI is InChI=1S/C13H19N/c1-8-6-10(3)13-9(2)4-5-12(14)11(13)7-8/h6-7,9,12H,4-5,14H2,1-3H3/t9?,12-/m1/s1. The molecule has 1 aromatic carbocycles. The molecule has 0 amide bonds. The summed E-state index contributed by atoms with van der Waals surface area (Å²) in [4.78, 5) is 0. The highest BCUT2D eigenvalue weighted by Crippen LogP contribution is 2.38. The van der Waals surface area contributed by atoms with Crippen molar-refractivity contribution < 1.29 is 0 Å². The first-order chi connectivity index (χ1) is 6.59. The molecule has 2 N–H and O–H groups in total. The summed E-state index contributed by atoms with van der Waals surface area (Å²) in [5.41, 5.74) is 11.8. The SMILES string of the molecule is Cc1cc(C)c2c(c1)[C@H](N)CCC2C. The molecule has 1 aromatic rings. The maximum atomic E-state index is 6.15. The summed E-state index contributed by atoms with van der Waals surface area (Å²) in [6.07, 6.45) is 2.37. The monoisotopic (exact) mass is 189 g/mol. The third-order valence-electron chi connectivity index (χ3n) is 3.37. The minimum Gasteiger partial charge on any atom is -0.324 e. The zero-order valence-corrected chi connectivity index (χ0v) is 9.30. The van der Waals surface area contributed by atoms with Crippen LogP contribution in [0.2, 0.25) is 0 Å². The molecular weight excluding hydrogens is 170 g/mol. The summed E-state index contributed by atoms with van der Waals surface area (Å²) in [5.74, 6) is 0.686. The molecule has 2 rings (SSSR count). The lowest BCUT2D eigenvalue weighted by Gasteiger charge is -2.29. The van der Waals surface area contributed by atoms with E-state index in [1.165, 1.54) is 28.7 Å². The summed E-state index contributed by atoms with van der Waals surface area (Å²) in [6.45, 7) is 6.67. The van der Waals surface area contributed by atoms with Gasteiger partial charge in [0.2, 0.25) is 0 Å².